The van der Waals surface area contributed by atoms with Crippen LogP contribution in [0.15, 0.2) is 36.4 Å². The summed E-state index contributed by atoms with van der Waals surface area (Å²) >= 11 is 0. The highest BCUT2D eigenvalue weighted by Crippen LogP contribution is 2.22. The predicted octanol–water partition coefficient (Wildman–Crippen LogP) is 3.42. The second-order valence-electron chi connectivity index (χ2n) is 4.54. The highest BCUT2D eigenvalue weighted by Gasteiger charge is 2.12. The Morgan fingerprint density at radius 3 is 2.62 bits per heavy atom. The minimum absolute atomic E-state index is 0.0636. The number of hydrogen-bond donors (Lipinski definition) is 1. The van der Waals surface area contributed by atoms with E-state index in [1.54, 1.807) is 31.2 Å². The van der Waals surface area contributed by atoms with Crippen molar-refractivity contribution in [3.8, 4) is 11.5 Å². The van der Waals surface area contributed by atoms with Crippen molar-refractivity contribution in [2.24, 2.45) is 0 Å². The summed E-state index contributed by atoms with van der Waals surface area (Å²) in [5.74, 6) is -0.734. The minimum atomic E-state index is -1.07. The molecular weight excluding hydrogens is 275 g/mol. The molecule has 0 aliphatic rings. The number of carboxylic acid groups (broad SMARTS) is 1. The van der Waals surface area contributed by atoms with Crippen molar-refractivity contribution in [1.82, 2.24) is 0 Å². The summed E-state index contributed by atoms with van der Waals surface area (Å²) in [6, 6.07) is 9.35. The molecule has 0 aliphatic carbocycles. The fourth-order valence-electron chi connectivity index (χ4n) is 1.84. The number of rotatable bonds is 5. The molecular formula is C16H15FO4. The highest BCUT2D eigenvalue weighted by molar-refractivity contribution is 5.91. The molecule has 1 N–H and O–H groups in total. The molecule has 2 aromatic rings. The van der Waals surface area contributed by atoms with Crippen molar-refractivity contribution in [3.05, 3.63) is 58.9 Å². The average Bonchev–Trinajstić information content (AvgIpc) is 2.48. The zero-order valence-corrected chi connectivity index (χ0v) is 11.7. The maximum absolute atomic E-state index is 13.4. The van der Waals surface area contributed by atoms with Crippen LogP contribution in [-0.4, -0.2) is 18.2 Å². The average molecular weight is 290 g/mol. The molecule has 2 rings (SSSR count). The zero-order chi connectivity index (χ0) is 15.4. The molecule has 0 saturated heterocycles. The summed E-state index contributed by atoms with van der Waals surface area (Å²) in [6.45, 7) is 1.81. The first-order valence-corrected chi connectivity index (χ1v) is 6.30. The van der Waals surface area contributed by atoms with E-state index in [1.807, 2.05) is 0 Å². The van der Waals surface area contributed by atoms with Gasteiger partial charge in [0.1, 0.15) is 29.5 Å². The van der Waals surface area contributed by atoms with Crippen LogP contribution in [0.5, 0.6) is 11.5 Å². The molecule has 0 atom stereocenters. The number of aromatic carboxylic acids is 1. The summed E-state index contributed by atoms with van der Waals surface area (Å²) < 4.78 is 23.8. The van der Waals surface area contributed by atoms with Gasteiger partial charge >= 0.3 is 5.97 Å². The summed E-state index contributed by atoms with van der Waals surface area (Å²) in [5.41, 5.74) is 1.27. The standard InChI is InChI=1S/C16H15FO4/c1-10-3-5-12(8-14(10)17)21-9-11-4-6-15(20-2)13(7-11)16(18)19/h3-8H,9H2,1-2H3,(H,18,19). The van der Waals surface area contributed by atoms with Gasteiger partial charge in [0.15, 0.2) is 0 Å². The molecule has 5 heteroatoms. The van der Waals surface area contributed by atoms with Gasteiger partial charge in [-0.3, -0.25) is 0 Å². The minimum Gasteiger partial charge on any atom is -0.496 e. The Bertz CT molecular complexity index is 667. The SMILES string of the molecule is COc1ccc(COc2ccc(C)c(F)c2)cc1C(=O)O. The Morgan fingerprint density at radius 2 is 2.00 bits per heavy atom. The van der Waals surface area contributed by atoms with Crippen molar-refractivity contribution in [3.63, 3.8) is 0 Å². The Labute approximate surface area is 121 Å². The van der Waals surface area contributed by atoms with E-state index in [0.717, 1.165) is 0 Å². The molecule has 0 saturated carbocycles. The largest absolute Gasteiger partial charge is 0.496 e. The molecule has 0 unspecified atom stereocenters. The molecule has 21 heavy (non-hydrogen) atoms. The lowest BCUT2D eigenvalue weighted by Gasteiger charge is -2.10. The van der Waals surface area contributed by atoms with Gasteiger partial charge in [-0.15, -0.1) is 0 Å². The quantitative estimate of drug-likeness (QED) is 0.916. The first kappa shape index (κ1) is 14.8. The Balaban J connectivity index is 2.14. The summed E-state index contributed by atoms with van der Waals surface area (Å²) in [7, 11) is 1.41. The molecule has 0 radical (unpaired) electrons. The van der Waals surface area contributed by atoms with Crippen LogP contribution in [0, 0.1) is 12.7 Å². The van der Waals surface area contributed by atoms with Gasteiger partial charge in [-0.1, -0.05) is 12.1 Å². The van der Waals surface area contributed by atoms with E-state index in [2.05, 4.69) is 0 Å². The molecule has 110 valence electrons. The number of carbonyl (C=O) groups is 1. The normalized spacial score (nSPS) is 10.2. The van der Waals surface area contributed by atoms with Crippen molar-refractivity contribution in [1.29, 1.82) is 0 Å². The van der Waals surface area contributed by atoms with E-state index in [1.165, 1.54) is 19.2 Å². The van der Waals surface area contributed by atoms with Crippen LogP contribution in [0.3, 0.4) is 0 Å². The van der Waals surface area contributed by atoms with Gasteiger partial charge in [0, 0.05) is 6.07 Å². The second kappa shape index (κ2) is 6.26. The van der Waals surface area contributed by atoms with E-state index >= 15 is 0 Å². The monoisotopic (exact) mass is 290 g/mol. The Hall–Kier alpha value is -2.56. The number of halogens is 1. The summed E-state index contributed by atoms with van der Waals surface area (Å²) in [5, 5.41) is 9.10. The van der Waals surface area contributed by atoms with Crippen LogP contribution in [0.2, 0.25) is 0 Å². The molecule has 0 heterocycles. The fraction of sp³-hybridized carbons (Fsp3) is 0.188. The van der Waals surface area contributed by atoms with Crippen LogP contribution in [0.4, 0.5) is 4.39 Å². The summed E-state index contributed by atoms with van der Waals surface area (Å²) in [6.07, 6.45) is 0. The van der Waals surface area contributed by atoms with Crippen LogP contribution >= 0.6 is 0 Å². The maximum Gasteiger partial charge on any atom is 0.339 e. The lowest BCUT2D eigenvalue weighted by Crippen LogP contribution is -2.03. The van der Waals surface area contributed by atoms with Crippen molar-refractivity contribution in [2.75, 3.05) is 7.11 Å². The molecule has 0 bridgehead atoms. The first-order valence-electron chi connectivity index (χ1n) is 6.30. The van der Waals surface area contributed by atoms with Gasteiger partial charge in [0.25, 0.3) is 0 Å². The van der Waals surface area contributed by atoms with Crippen LogP contribution in [-0.2, 0) is 6.61 Å². The van der Waals surface area contributed by atoms with Gasteiger partial charge in [-0.2, -0.15) is 0 Å². The van der Waals surface area contributed by atoms with Gasteiger partial charge in [0.2, 0.25) is 0 Å². The lowest BCUT2D eigenvalue weighted by atomic mass is 10.1. The van der Waals surface area contributed by atoms with Gasteiger partial charge in [-0.05, 0) is 36.2 Å². The third kappa shape index (κ3) is 3.51. The zero-order valence-electron chi connectivity index (χ0n) is 11.7. The number of benzene rings is 2. The van der Waals surface area contributed by atoms with Gasteiger partial charge < -0.3 is 14.6 Å². The van der Waals surface area contributed by atoms with Crippen LogP contribution in [0.25, 0.3) is 0 Å². The third-order valence-electron chi connectivity index (χ3n) is 3.04. The molecule has 0 spiro atoms. The van der Waals surface area contributed by atoms with E-state index in [4.69, 9.17) is 14.6 Å². The number of hydrogen-bond acceptors (Lipinski definition) is 3. The van der Waals surface area contributed by atoms with E-state index in [9.17, 15) is 9.18 Å². The van der Waals surface area contributed by atoms with Crippen LogP contribution in [0.1, 0.15) is 21.5 Å². The number of methoxy groups -OCH3 is 1. The third-order valence-corrected chi connectivity index (χ3v) is 3.04. The fourth-order valence-corrected chi connectivity index (χ4v) is 1.84. The first-order chi connectivity index (χ1) is 10.0. The van der Waals surface area contributed by atoms with Crippen molar-refractivity contribution in [2.45, 2.75) is 13.5 Å². The molecule has 0 aromatic heterocycles. The topological polar surface area (TPSA) is 55.8 Å². The Morgan fingerprint density at radius 1 is 1.24 bits per heavy atom. The molecule has 4 nitrogen and oxygen atoms in total. The molecule has 2 aromatic carbocycles. The smallest absolute Gasteiger partial charge is 0.339 e. The van der Waals surface area contributed by atoms with Crippen molar-refractivity contribution >= 4 is 5.97 Å². The predicted molar refractivity (Wildman–Crippen MR) is 75.4 cm³/mol. The highest BCUT2D eigenvalue weighted by atomic mass is 19.1. The van der Waals surface area contributed by atoms with E-state index < -0.39 is 5.97 Å². The second-order valence-corrected chi connectivity index (χ2v) is 4.54. The molecule has 0 amide bonds. The molecule has 0 aliphatic heterocycles. The van der Waals surface area contributed by atoms with Crippen LogP contribution < -0.4 is 9.47 Å². The van der Waals surface area contributed by atoms with Gasteiger partial charge in [-0.25, -0.2) is 9.18 Å². The van der Waals surface area contributed by atoms with E-state index in [-0.39, 0.29) is 23.7 Å². The summed E-state index contributed by atoms with van der Waals surface area (Å²) in [4.78, 5) is 11.1. The number of ether oxygens (including phenoxy) is 2. The van der Waals surface area contributed by atoms with Crippen molar-refractivity contribution < 1.29 is 23.8 Å². The number of aryl methyl sites for hydroxylation is 1. The Kier molecular flexibility index (Phi) is 4.42. The van der Waals surface area contributed by atoms with Gasteiger partial charge in [0.05, 0.1) is 7.11 Å². The van der Waals surface area contributed by atoms with E-state index in [0.29, 0.717) is 16.9 Å². The lowest BCUT2D eigenvalue weighted by molar-refractivity contribution is 0.0693. The molecule has 0 fully saturated rings. The maximum atomic E-state index is 13.4. The number of carboxylic acids is 1.